The molecule has 2 saturated heterocycles. The number of nitrogens with zero attached hydrogens (tertiary/aromatic N) is 3. The number of sulfonamides is 1. The lowest BCUT2D eigenvalue weighted by molar-refractivity contribution is -0.145. The minimum absolute atomic E-state index is 0.0144. The lowest BCUT2D eigenvalue weighted by Gasteiger charge is -2.39. The van der Waals surface area contributed by atoms with Crippen LogP contribution in [0.25, 0.3) is 0 Å². The molecule has 11 heteroatoms. The molecule has 1 aromatic rings. The minimum atomic E-state index is -4.38. The highest BCUT2D eigenvalue weighted by atomic mass is 32.2. The monoisotopic (exact) mass is 475 g/mol. The molecule has 2 heterocycles. The molecular weight excluding hydrogens is 447 g/mol. The fourth-order valence-electron chi connectivity index (χ4n) is 4.09. The second-order valence-electron chi connectivity index (χ2n) is 9.24. The predicted molar refractivity (Wildman–Crippen MR) is 110 cm³/mol. The van der Waals surface area contributed by atoms with E-state index in [1.54, 1.807) is 9.80 Å². The van der Waals surface area contributed by atoms with Gasteiger partial charge in [0.1, 0.15) is 4.90 Å². The SMILES string of the molecule is CC(C)(C)C(=O)N1CCCC(C(=O)N2CCN(S(=O)(=O)c3ccc(F)c(F)c3F)CC2)C1. The van der Waals surface area contributed by atoms with Crippen molar-refractivity contribution < 1.29 is 31.2 Å². The van der Waals surface area contributed by atoms with E-state index in [1.807, 2.05) is 20.8 Å². The number of carbonyl (C=O) groups excluding carboxylic acids is 2. The van der Waals surface area contributed by atoms with Crippen molar-refractivity contribution >= 4 is 21.8 Å². The van der Waals surface area contributed by atoms with Gasteiger partial charge < -0.3 is 9.80 Å². The van der Waals surface area contributed by atoms with Crippen LogP contribution < -0.4 is 0 Å². The summed E-state index contributed by atoms with van der Waals surface area (Å²) in [4.78, 5) is 27.9. The first-order chi connectivity index (χ1) is 14.8. The molecule has 0 saturated carbocycles. The number of piperidine rings is 1. The van der Waals surface area contributed by atoms with Gasteiger partial charge in [0.2, 0.25) is 21.8 Å². The van der Waals surface area contributed by atoms with Gasteiger partial charge in [0.25, 0.3) is 0 Å². The zero-order chi connectivity index (χ0) is 23.8. The fourth-order valence-corrected chi connectivity index (χ4v) is 5.57. The predicted octanol–water partition coefficient (Wildman–Crippen LogP) is 2.22. The molecule has 0 spiro atoms. The highest BCUT2D eigenvalue weighted by Crippen LogP contribution is 2.27. The molecule has 7 nitrogen and oxygen atoms in total. The van der Waals surface area contributed by atoms with Crippen molar-refractivity contribution in [3.63, 3.8) is 0 Å². The third-order valence-corrected chi connectivity index (χ3v) is 7.78. The van der Waals surface area contributed by atoms with Crippen molar-refractivity contribution in [2.24, 2.45) is 11.3 Å². The van der Waals surface area contributed by atoms with Crippen LogP contribution in [0.2, 0.25) is 0 Å². The summed E-state index contributed by atoms with van der Waals surface area (Å²) in [6.45, 7) is 6.41. The number of carbonyl (C=O) groups is 2. The molecule has 0 aromatic heterocycles. The summed E-state index contributed by atoms with van der Waals surface area (Å²) in [7, 11) is -4.38. The third-order valence-electron chi connectivity index (χ3n) is 5.87. The smallest absolute Gasteiger partial charge is 0.246 e. The van der Waals surface area contributed by atoms with E-state index in [0.29, 0.717) is 38.1 Å². The first kappa shape index (κ1) is 24.5. The van der Waals surface area contributed by atoms with Crippen LogP contribution in [0.15, 0.2) is 17.0 Å². The summed E-state index contributed by atoms with van der Waals surface area (Å²) in [6, 6.07) is 1.27. The zero-order valence-corrected chi connectivity index (χ0v) is 19.2. The Morgan fingerprint density at radius 3 is 2.16 bits per heavy atom. The number of hydrogen-bond donors (Lipinski definition) is 0. The van der Waals surface area contributed by atoms with Crippen molar-refractivity contribution in [3.05, 3.63) is 29.6 Å². The molecule has 0 N–H and O–H groups in total. The maximum absolute atomic E-state index is 14.0. The van der Waals surface area contributed by atoms with Gasteiger partial charge in [-0.25, -0.2) is 21.6 Å². The molecule has 1 aromatic carbocycles. The van der Waals surface area contributed by atoms with E-state index >= 15 is 0 Å². The molecule has 2 amide bonds. The van der Waals surface area contributed by atoms with Gasteiger partial charge in [-0.05, 0) is 25.0 Å². The van der Waals surface area contributed by atoms with Gasteiger partial charge in [0.05, 0.1) is 5.92 Å². The molecule has 1 unspecified atom stereocenters. The Morgan fingerprint density at radius 2 is 1.56 bits per heavy atom. The van der Waals surface area contributed by atoms with E-state index in [4.69, 9.17) is 0 Å². The average Bonchev–Trinajstić information content (AvgIpc) is 2.76. The van der Waals surface area contributed by atoms with Crippen molar-refractivity contribution in [1.29, 1.82) is 0 Å². The topological polar surface area (TPSA) is 78.0 Å². The van der Waals surface area contributed by atoms with Crippen LogP contribution in [-0.4, -0.2) is 73.6 Å². The Bertz CT molecular complexity index is 1000. The lowest BCUT2D eigenvalue weighted by Crippen LogP contribution is -2.54. The number of likely N-dealkylation sites (tertiary alicyclic amines) is 1. The van der Waals surface area contributed by atoms with Crippen LogP contribution in [0.1, 0.15) is 33.6 Å². The zero-order valence-electron chi connectivity index (χ0n) is 18.4. The van der Waals surface area contributed by atoms with E-state index in [0.717, 1.165) is 4.31 Å². The lowest BCUT2D eigenvalue weighted by atomic mass is 9.90. The number of amides is 2. The van der Waals surface area contributed by atoms with E-state index in [2.05, 4.69) is 0 Å². The van der Waals surface area contributed by atoms with E-state index in [9.17, 15) is 31.2 Å². The molecule has 0 aliphatic carbocycles. The summed E-state index contributed by atoms with van der Waals surface area (Å²) in [5, 5.41) is 0. The average molecular weight is 476 g/mol. The molecule has 178 valence electrons. The Labute approximate surface area is 186 Å². The quantitative estimate of drug-likeness (QED) is 0.629. The summed E-state index contributed by atoms with van der Waals surface area (Å²) < 4.78 is 67.1. The number of hydrogen-bond acceptors (Lipinski definition) is 4. The molecule has 3 rings (SSSR count). The van der Waals surface area contributed by atoms with Crippen molar-refractivity contribution in [1.82, 2.24) is 14.1 Å². The number of rotatable bonds is 3. The highest BCUT2D eigenvalue weighted by Gasteiger charge is 2.38. The normalized spacial score (nSPS) is 21.0. The first-order valence-corrected chi connectivity index (χ1v) is 12.0. The number of benzene rings is 1. The summed E-state index contributed by atoms with van der Waals surface area (Å²) in [5.74, 6) is -5.59. The molecule has 2 aliphatic rings. The van der Waals surface area contributed by atoms with Crippen LogP contribution in [0.3, 0.4) is 0 Å². The maximum Gasteiger partial charge on any atom is 0.246 e. The molecule has 2 aliphatic heterocycles. The van der Waals surface area contributed by atoms with Crippen molar-refractivity contribution in [2.45, 2.75) is 38.5 Å². The van der Waals surface area contributed by atoms with Crippen LogP contribution in [0, 0.1) is 28.8 Å². The highest BCUT2D eigenvalue weighted by molar-refractivity contribution is 7.89. The Kier molecular flexibility index (Phi) is 6.90. The largest absolute Gasteiger partial charge is 0.341 e. The molecule has 0 radical (unpaired) electrons. The van der Waals surface area contributed by atoms with Gasteiger partial charge in [0.15, 0.2) is 17.5 Å². The second-order valence-corrected chi connectivity index (χ2v) is 11.1. The molecule has 1 atom stereocenters. The minimum Gasteiger partial charge on any atom is -0.341 e. The van der Waals surface area contributed by atoms with Crippen LogP contribution in [-0.2, 0) is 19.6 Å². The van der Waals surface area contributed by atoms with Gasteiger partial charge in [-0.3, -0.25) is 9.59 Å². The number of piperazine rings is 1. The Morgan fingerprint density at radius 1 is 0.938 bits per heavy atom. The molecule has 32 heavy (non-hydrogen) atoms. The Balaban J connectivity index is 1.65. The van der Waals surface area contributed by atoms with Gasteiger partial charge in [-0.1, -0.05) is 20.8 Å². The molecular formula is C21H28F3N3O4S. The fraction of sp³-hybridized carbons (Fsp3) is 0.619. The standard InChI is InChI=1S/C21H28F3N3O4S/c1-21(2,3)20(29)26-8-4-5-14(13-26)19(28)25-9-11-27(12-10-25)32(30,31)16-7-6-15(22)17(23)18(16)24/h6-7,14H,4-5,8-13H2,1-3H3. The van der Waals surface area contributed by atoms with E-state index in [1.165, 1.54) is 0 Å². The second kappa shape index (κ2) is 9.01. The molecule has 2 fully saturated rings. The first-order valence-electron chi connectivity index (χ1n) is 10.6. The Hall–Kier alpha value is -2.14. The van der Waals surface area contributed by atoms with E-state index < -0.39 is 37.8 Å². The number of halogens is 3. The van der Waals surface area contributed by atoms with Gasteiger partial charge in [-0.15, -0.1) is 0 Å². The van der Waals surface area contributed by atoms with Crippen molar-refractivity contribution in [3.8, 4) is 0 Å². The third kappa shape index (κ3) is 4.78. The maximum atomic E-state index is 14.0. The van der Waals surface area contributed by atoms with Crippen LogP contribution in [0.4, 0.5) is 13.2 Å². The summed E-state index contributed by atoms with van der Waals surface area (Å²) in [6.07, 6.45) is 1.35. The van der Waals surface area contributed by atoms with Crippen molar-refractivity contribution in [2.75, 3.05) is 39.3 Å². The van der Waals surface area contributed by atoms with E-state index in [-0.39, 0.29) is 43.9 Å². The molecule has 0 bridgehead atoms. The summed E-state index contributed by atoms with van der Waals surface area (Å²) >= 11 is 0. The van der Waals surface area contributed by atoms with Crippen LogP contribution in [0.5, 0.6) is 0 Å². The van der Waals surface area contributed by atoms with Gasteiger partial charge in [-0.2, -0.15) is 4.31 Å². The van der Waals surface area contributed by atoms with Gasteiger partial charge >= 0.3 is 0 Å². The summed E-state index contributed by atoms with van der Waals surface area (Å²) in [5.41, 5.74) is -0.542. The van der Waals surface area contributed by atoms with Gasteiger partial charge in [0, 0.05) is 44.7 Å². The van der Waals surface area contributed by atoms with Crippen LogP contribution >= 0.6 is 0 Å².